The first kappa shape index (κ1) is 22.2. The molecule has 2 unspecified atom stereocenters. The summed E-state index contributed by atoms with van der Waals surface area (Å²) in [5.41, 5.74) is 0.445. The fraction of sp³-hybridized carbons (Fsp3) is 0.667. The molecule has 1 aliphatic carbocycles. The lowest BCUT2D eigenvalue weighted by Gasteiger charge is -2.37. The van der Waals surface area contributed by atoms with Crippen molar-refractivity contribution in [2.24, 2.45) is 17.8 Å². The second-order valence-electron chi connectivity index (χ2n) is 8.39. The maximum Gasteiger partial charge on any atom is 0.200 e. The Morgan fingerprint density at radius 2 is 1.79 bits per heavy atom. The van der Waals surface area contributed by atoms with Crippen LogP contribution in [0, 0.1) is 29.4 Å². The molecule has 1 aliphatic heterocycles. The van der Waals surface area contributed by atoms with E-state index < -0.39 is 18.3 Å². The van der Waals surface area contributed by atoms with Crippen molar-refractivity contribution in [1.29, 1.82) is 0 Å². The third-order valence-corrected chi connectivity index (χ3v) is 6.59. The van der Waals surface area contributed by atoms with Gasteiger partial charge in [-0.15, -0.1) is 0 Å². The smallest absolute Gasteiger partial charge is 0.200 e. The Morgan fingerprint density at radius 1 is 1.03 bits per heavy atom. The van der Waals surface area contributed by atoms with Gasteiger partial charge in [-0.2, -0.15) is 4.39 Å². The molecule has 0 N–H and O–H groups in total. The van der Waals surface area contributed by atoms with Crippen molar-refractivity contribution >= 4 is 0 Å². The largest absolute Gasteiger partial charge is 0.491 e. The Balaban J connectivity index is 1.42. The number of hydrogen-bond donors (Lipinski definition) is 0. The van der Waals surface area contributed by atoms with Crippen LogP contribution in [-0.2, 0) is 11.2 Å². The molecule has 1 saturated carbocycles. The predicted molar refractivity (Wildman–Crippen MR) is 109 cm³/mol. The maximum atomic E-state index is 14.3. The van der Waals surface area contributed by atoms with Gasteiger partial charge in [-0.1, -0.05) is 31.1 Å². The Labute approximate surface area is 172 Å². The Hall–Kier alpha value is -1.49. The van der Waals surface area contributed by atoms with Crippen molar-refractivity contribution in [2.45, 2.75) is 64.4 Å². The van der Waals surface area contributed by atoms with E-state index in [2.05, 4.69) is 0 Å². The van der Waals surface area contributed by atoms with E-state index in [9.17, 15) is 13.2 Å². The minimum absolute atomic E-state index is 0.00798. The normalized spacial score (nSPS) is 28.0. The van der Waals surface area contributed by atoms with Crippen LogP contribution in [0.15, 0.2) is 24.3 Å². The van der Waals surface area contributed by atoms with Gasteiger partial charge in [0.05, 0.1) is 19.3 Å². The topological polar surface area (TPSA) is 18.5 Å². The van der Waals surface area contributed by atoms with E-state index in [1.165, 1.54) is 25.0 Å². The van der Waals surface area contributed by atoms with Gasteiger partial charge in [0.2, 0.25) is 5.82 Å². The van der Waals surface area contributed by atoms with Crippen LogP contribution < -0.4 is 4.74 Å². The minimum atomic E-state index is -0.870. The van der Waals surface area contributed by atoms with Crippen LogP contribution in [0.3, 0.4) is 0 Å². The summed E-state index contributed by atoms with van der Waals surface area (Å²) < 4.78 is 51.5. The predicted octanol–water partition coefficient (Wildman–Crippen LogP) is 6.42. The molecule has 1 saturated heterocycles. The van der Waals surface area contributed by atoms with Crippen molar-refractivity contribution in [3.05, 3.63) is 41.5 Å². The number of aryl methyl sites for hydroxylation is 1. The highest BCUT2D eigenvalue weighted by Gasteiger charge is 2.31. The summed E-state index contributed by atoms with van der Waals surface area (Å²) in [6.45, 7) is 2.41. The second-order valence-corrected chi connectivity index (χ2v) is 8.39. The van der Waals surface area contributed by atoms with Gasteiger partial charge < -0.3 is 9.47 Å². The van der Waals surface area contributed by atoms with Crippen LogP contribution in [0.25, 0.3) is 0 Å². The van der Waals surface area contributed by atoms with E-state index in [1.807, 2.05) is 6.08 Å². The van der Waals surface area contributed by atoms with E-state index in [0.717, 1.165) is 38.7 Å². The number of benzene rings is 1. The van der Waals surface area contributed by atoms with E-state index in [-0.39, 0.29) is 11.9 Å². The number of ether oxygens (including phenoxy) is 2. The highest BCUT2D eigenvalue weighted by molar-refractivity contribution is 5.31. The van der Waals surface area contributed by atoms with Crippen molar-refractivity contribution in [2.75, 3.05) is 19.9 Å². The lowest BCUT2D eigenvalue weighted by molar-refractivity contribution is -0.0168. The molecule has 2 nitrogen and oxygen atoms in total. The molecular formula is C24H33F3O2. The molecule has 2 aliphatic rings. The third kappa shape index (κ3) is 6.00. The van der Waals surface area contributed by atoms with Gasteiger partial charge in [0, 0.05) is 0 Å². The average molecular weight is 411 g/mol. The third-order valence-electron chi connectivity index (χ3n) is 6.59. The molecule has 0 bridgehead atoms. The number of alkyl halides is 1. The summed E-state index contributed by atoms with van der Waals surface area (Å²) in [5.74, 6) is 0.224. The molecule has 29 heavy (non-hydrogen) atoms. The van der Waals surface area contributed by atoms with Gasteiger partial charge >= 0.3 is 0 Å². The lowest BCUT2D eigenvalue weighted by atomic mass is 9.72. The first-order chi connectivity index (χ1) is 14.1. The maximum absolute atomic E-state index is 14.3. The molecule has 2 atom stereocenters. The summed E-state index contributed by atoms with van der Waals surface area (Å²) in [6.07, 6.45) is 11.7. The van der Waals surface area contributed by atoms with Gasteiger partial charge in [-0.05, 0) is 74.8 Å². The highest BCUT2D eigenvalue weighted by atomic mass is 19.2. The zero-order chi connectivity index (χ0) is 20.6. The van der Waals surface area contributed by atoms with E-state index in [4.69, 9.17) is 9.47 Å². The summed E-state index contributed by atoms with van der Waals surface area (Å²) in [7, 11) is 0. The summed E-state index contributed by atoms with van der Waals surface area (Å²) in [5, 5.41) is 0. The highest BCUT2D eigenvalue weighted by Crippen LogP contribution is 2.39. The number of hydrogen-bond acceptors (Lipinski definition) is 2. The van der Waals surface area contributed by atoms with Crippen LogP contribution in [-0.4, -0.2) is 26.0 Å². The summed E-state index contributed by atoms with van der Waals surface area (Å²) >= 11 is 0. The van der Waals surface area contributed by atoms with Crippen molar-refractivity contribution in [1.82, 2.24) is 0 Å². The SMILES string of the molecule is CCOc1ccc(CCC2CCC(C3CCC(C=CCF)OC3)CC2)c(F)c1F. The quantitative estimate of drug-likeness (QED) is 0.460. The Bertz CT molecular complexity index is 660. The molecule has 162 valence electrons. The van der Waals surface area contributed by atoms with Gasteiger partial charge in [0.1, 0.15) is 6.67 Å². The fourth-order valence-corrected chi connectivity index (χ4v) is 4.86. The molecule has 2 fully saturated rings. The molecule has 0 spiro atoms. The summed E-state index contributed by atoms with van der Waals surface area (Å²) in [4.78, 5) is 0. The van der Waals surface area contributed by atoms with E-state index in [0.29, 0.717) is 36.3 Å². The Morgan fingerprint density at radius 3 is 2.45 bits per heavy atom. The van der Waals surface area contributed by atoms with Crippen LogP contribution in [0.1, 0.15) is 57.4 Å². The van der Waals surface area contributed by atoms with Gasteiger partial charge in [-0.3, -0.25) is 0 Å². The zero-order valence-corrected chi connectivity index (χ0v) is 17.3. The molecule has 0 radical (unpaired) electrons. The molecule has 5 heteroatoms. The van der Waals surface area contributed by atoms with Crippen molar-refractivity contribution < 1.29 is 22.6 Å². The van der Waals surface area contributed by atoms with Crippen LogP contribution in [0.2, 0.25) is 0 Å². The van der Waals surface area contributed by atoms with Crippen LogP contribution >= 0.6 is 0 Å². The van der Waals surface area contributed by atoms with Crippen LogP contribution in [0.5, 0.6) is 5.75 Å². The number of allylic oxidation sites excluding steroid dienone is 1. The van der Waals surface area contributed by atoms with Gasteiger partial charge in [0.15, 0.2) is 11.6 Å². The first-order valence-electron chi connectivity index (χ1n) is 11.1. The minimum Gasteiger partial charge on any atom is -0.491 e. The monoisotopic (exact) mass is 410 g/mol. The standard InChI is InChI=1S/C24H33F3O2/c1-2-28-22-14-12-19(23(26)24(22)27)10-7-17-5-8-18(9-6-17)20-11-13-21(29-16-20)4-3-15-25/h3-4,12,14,17-18,20-21H,2,5-11,13,15-16H2,1H3. The van der Waals surface area contributed by atoms with Gasteiger partial charge in [0.25, 0.3) is 0 Å². The zero-order valence-electron chi connectivity index (χ0n) is 17.3. The molecule has 0 aromatic heterocycles. The Kier molecular flexibility index (Phi) is 8.46. The lowest BCUT2D eigenvalue weighted by Crippen LogP contribution is -2.31. The van der Waals surface area contributed by atoms with Crippen molar-refractivity contribution in [3.63, 3.8) is 0 Å². The average Bonchev–Trinajstić information content (AvgIpc) is 2.76. The number of rotatable bonds is 8. The van der Waals surface area contributed by atoms with Crippen LogP contribution in [0.4, 0.5) is 13.2 Å². The molecule has 1 aromatic rings. The first-order valence-corrected chi connectivity index (χ1v) is 11.1. The van der Waals surface area contributed by atoms with Crippen molar-refractivity contribution in [3.8, 4) is 5.75 Å². The van der Waals surface area contributed by atoms with E-state index >= 15 is 0 Å². The van der Waals surface area contributed by atoms with Gasteiger partial charge in [-0.25, -0.2) is 8.78 Å². The molecule has 1 heterocycles. The molecular weight excluding hydrogens is 377 g/mol. The summed E-state index contributed by atoms with van der Waals surface area (Å²) in [6, 6.07) is 3.19. The molecule has 1 aromatic carbocycles. The number of halogens is 3. The van der Waals surface area contributed by atoms with E-state index in [1.54, 1.807) is 13.0 Å². The molecule has 3 rings (SSSR count). The second kappa shape index (κ2) is 11.1. The fourth-order valence-electron chi connectivity index (χ4n) is 4.86. The molecule has 0 amide bonds.